The molecule has 1 rings (SSSR count). The van der Waals surface area contributed by atoms with Gasteiger partial charge in [-0.1, -0.05) is 0 Å². The quantitative estimate of drug-likeness (QED) is 0.673. The number of thiazole rings is 1. The third kappa shape index (κ3) is 1.80. The molecular weight excluding hydrogens is 154 g/mol. The van der Waals surface area contributed by atoms with E-state index in [1.807, 2.05) is 12.3 Å². The van der Waals surface area contributed by atoms with Crippen LogP contribution in [0.5, 0.6) is 5.88 Å². The molecule has 0 fully saturated rings. The van der Waals surface area contributed by atoms with Crippen LogP contribution < -0.4 is 4.74 Å². The van der Waals surface area contributed by atoms with E-state index in [2.05, 4.69) is 4.98 Å². The molecule has 0 saturated carbocycles. The summed E-state index contributed by atoms with van der Waals surface area (Å²) in [4.78, 5) is 2.89. The zero-order valence-electron chi connectivity index (χ0n) is 5.01. The second-order valence-corrected chi connectivity index (χ2v) is 2.99. The molecule has 0 atom stereocenters. The highest BCUT2D eigenvalue weighted by Crippen LogP contribution is 2.11. The predicted octanol–water partition coefficient (Wildman–Crippen LogP) is 2.20. The van der Waals surface area contributed by atoms with Crippen molar-refractivity contribution in [3.8, 4) is 5.88 Å². The van der Waals surface area contributed by atoms with E-state index in [-0.39, 0.29) is 0 Å². The molecule has 0 aliphatic rings. The Hall–Kier alpha value is -0.350. The summed E-state index contributed by atoms with van der Waals surface area (Å²) >= 11 is 6.31. The van der Waals surface area contributed by atoms with Crippen LogP contribution in [0, 0.1) is 3.95 Å². The predicted molar refractivity (Wildman–Crippen MR) is 40.7 cm³/mol. The van der Waals surface area contributed by atoms with Gasteiger partial charge < -0.3 is 9.72 Å². The number of aromatic nitrogens is 1. The van der Waals surface area contributed by atoms with Crippen LogP contribution in [-0.2, 0) is 0 Å². The van der Waals surface area contributed by atoms with Gasteiger partial charge in [-0.2, -0.15) is 0 Å². The summed E-state index contributed by atoms with van der Waals surface area (Å²) in [6, 6.07) is 0. The van der Waals surface area contributed by atoms with E-state index < -0.39 is 0 Å². The second-order valence-electron chi connectivity index (χ2n) is 1.45. The molecule has 9 heavy (non-hydrogen) atoms. The highest BCUT2D eigenvalue weighted by Gasteiger charge is 1.89. The summed E-state index contributed by atoms with van der Waals surface area (Å²) in [5, 5.41) is 1.87. The minimum absolute atomic E-state index is 0.683. The van der Waals surface area contributed by atoms with Crippen LogP contribution in [0.1, 0.15) is 6.92 Å². The molecular formula is C5H7NOS2. The molecule has 0 aliphatic heterocycles. The maximum atomic E-state index is 5.11. The molecule has 2 nitrogen and oxygen atoms in total. The largest absolute Gasteiger partial charge is 0.479 e. The molecule has 1 aromatic heterocycles. The zero-order valence-corrected chi connectivity index (χ0v) is 6.64. The van der Waals surface area contributed by atoms with Gasteiger partial charge in [0.25, 0.3) is 0 Å². The van der Waals surface area contributed by atoms with Gasteiger partial charge in [-0.15, -0.1) is 11.3 Å². The lowest BCUT2D eigenvalue weighted by molar-refractivity contribution is 0.329. The fourth-order valence-electron chi connectivity index (χ4n) is 0.492. The smallest absolute Gasteiger partial charge is 0.202 e. The van der Waals surface area contributed by atoms with Gasteiger partial charge in [-0.05, 0) is 19.1 Å². The van der Waals surface area contributed by atoms with Crippen molar-refractivity contribution in [3.63, 3.8) is 0 Å². The van der Waals surface area contributed by atoms with Gasteiger partial charge in [0.05, 0.1) is 12.0 Å². The van der Waals surface area contributed by atoms with E-state index in [4.69, 9.17) is 17.0 Å². The number of ether oxygens (including phenoxy) is 1. The molecule has 0 radical (unpaired) electrons. The molecule has 0 unspecified atom stereocenters. The maximum Gasteiger partial charge on any atom is 0.202 e. The molecule has 4 heteroatoms. The van der Waals surface area contributed by atoms with E-state index in [1.54, 1.807) is 0 Å². The van der Waals surface area contributed by atoms with Crippen molar-refractivity contribution in [1.29, 1.82) is 0 Å². The summed E-state index contributed by atoms with van der Waals surface area (Å²) in [5.41, 5.74) is 0. The zero-order chi connectivity index (χ0) is 6.69. The number of H-pyrrole nitrogens is 1. The molecule has 0 saturated heterocycles. The Bertz CT molecular complexity index is 227. The van der Waals surface area contributed by atoms with Crippen LogP contribution in [0.2, 0.25) is 0 Å². The van der Waals surface area contributed by atoms with E-state index in [1.165, 1.54) is 11.3 Å². The SMILES string of the molecule is CCOc1csc(=S)[nH]1. The van der Waals surface area contributed by atoms with Gasteiger partial charge in [-0.3, -0.25) is 0 Å². The van der Waals surface area contributed by atoms with Crippen molar-refractivity contribution in [2.45, 2.75) is 6.92 Å². The van der Waals surface area contributed by atoms with Gasteiger partial charge in [0.15, 0.2) is 3.95 Å². The monoisotopic (exact) mass is 161 g/mol. The Morgan fingerprint density at radius 1 is 1.89 bits per heavy atom. The first-order valence-electron chi connectivity index (χ1n) is 2.63. The van der Waals surface area contributed by atoms with Crippen molar-refractivity contribution in [3.05, 3.63) is 9.33 Å². The topological polar surface area (TPSA) is 25.0 Å². The van der Waals surface area contributed by atoms with Crippen molar-refractivity contribution < 1.29 is 4.74 Å². The van der Waals surface area contributed by atoms with Crippen molar-refractivity contribution in [2.75, 3.05) is 6.61 Å². The summed E-state index contributed by atoms with van der Waals surface area (Å²) in [6.07, 6.45) is 0. The number of aromatic amines is 1. The van der Waals surface area contributed by atoms with Crippen LogP contribution in [0.4, 0.5) is 0 Å². The fraction of sp³-hybridized carbons (Fsp3) is 0.400. The van der Waals surface area contributed by atoms with Gasteiger partial charge in [0, 0.05) is 0 Å². The van der Waals surface area contributed by atoms with Crippen molar-refractivity contribution >= 4 is 23.6 Å². The highest BCUT2D eigenvalue weighted by atomic mass is 32.1. The average molecular weight is 161 g/mol. The Morgan fingerprint density at radius 3 is 3.11 bits per heavy atom. The molecule has 1 N–H and O–H groups in total. The Labute approximate surface area is 62.5 Å². The first-order chi connectivity index (χ1) is 4.33. The van der Waals surface area contributed by atoms with E-state index in [0.717, 1.165) is 9.83 Å². The van der Waals surface area contributed by atoms with Crippen LogP contribution in [-0.4, -0.2) is 11.6 Å². The molecule has 0 aromatic carbocycles. The first-order valence-corrected chi connectivity index (χ1v) is 3.92. The average Bonchev–Trinajstić information content (AvgIpc) is 2.17. The lowest BCUT2D eigenvalue weighted by Gasteiger charge is -1.93. The van der Waals surface area contributed by atoms with Crippen molar-refractivity contribution in [1.82, 2.24) is 4.98 Å². The number of rotatable bonds is 2. The fourth-order valence-corrected chi connectivity index (χ4v) is 1.24. The van der Waals surface area contributed by atoms with Crippen molar-refractivity contribution in [2.24, 2.45) is 0 Å². The van der Waals surface area contributed by atoms with E-state index in [0.29, 0.717) is 6.61 Å². The minimum Gasteiger partial charge on any atom is -0.479 e. The number of hydrogen-bond acceptors (Lipinski definition) is 3. The minimum atomic E-state index is 0.683. The molecule has 0 aliphatic carbocycles. The van der Waals surface area contributed by atoms with Gasteiger partial charge in [-0.25, -0.2) is 0 Å². The summed E-state index contributed by atoms with van der Waals surface area (Å²) in [7, 11) is 0. The summed E-state index contributed by atoms with van der Waals surface area (Å²) < 4.78 is 5.88. The van der Waals surface area contributed by atoms with Gasteiger partial charge in [0.1, 0.15) is 0 Å². The lowest BCUT2D eigenvalue weighted by atomic mass is 10.8. The Kier molecular flexibility index (Phi) is 2.24. The van der Waals surface area contributed by atoms with Gasteiger partial charge >= 0.3 is 0 Å². The Balaban J connectivity index is 2.73. The molecule has 0 spiro atoms. The molecule has 0 amide bonds. The maximum absolute atomic E-state index is 5.11. The third-order valence-electron chi connectivity index (χ3n) is 0.798. The van der Waals surface area contributed by atoms with Crippen LogP contribution in [0.15, 0.2) is 5.38 Å². The van der Waals surface area contributed by atoms with Crippen LogP contribution in [0.25, 0.3) is 0 Å². The molecule has 1 aromatic rings. The van der Waals surface area contributed by atoms with E-state index in [9.17, 15) is 0 Å². The number of nitrogens with one attached hydrogen (secondary N) is 1. The van der Waals surface area contributed by atoms with Gasteiger partial charge in [0.2, 0.25) is 5.88 Å². The molecule has 0 bridgehead atoms. The van der Waals surface area contributed by atoms with E-state index >= 15 is 0 Å². The van der Waals surface area contributed by atoms with Crippen LogP contribution >= 0.6 is 23.6 Å². The number of hydrogen-bond donors (Lipinski definition) is 1. The standard InChI is InChI=1S/C5H7NOS2/c1-2-7-4-3-9-5(8)6-4/h3H,2H2,1H3,(H,6,8). The Morgan fingerprint density at radius 2 is 2.67 bits per heavy atom. The third-order valence-corrected chi connectivity index (χ3v) is 1.84. The normalized spacial score (nSPS) is 9.44. The molecule has 1 heterocycles. The summed E-state index contributed by atoms with van der Waals surface area (Å²) in [5.74, 6) is 0.771. The summed E-state index contributed by atoms with van der Waals surface area (Å²) in [6.45, 7) is 2.62. The molecule has 50 valence electrons. The lowest BCUT2D eigenvalue weighted by Crippen LogP contribution is -1.89. The van der Waals surface area contributed by atoms with Crippen LogP contribution in [0.3, 0.4) is 0 Å². The first kappa shape index (κ1) is 6.77. The highest BCUT2D eigenvalue weighted by molar-refractivity contribution is 7.73. The second kappa shape index (κ2) is 2.98.